The summed E-state index contributed by atoms with van der Waals surface area (Å²) >= 11 is 0. The summed E-state index contributed by atoms with van der Waals surface area (Å²) in [4.78, 5) is 12.1. The van der Waals surface area contributed by atoms with Crippen LogP contribution in [0.3, 0.4) is 0 Å². The van der Waals surface area contributed by atoms with E-state index in [-0.39, 0.29) is 11.9 Å². The molecule has 1 aliphatic rings. The maximum atomic E-state index is 12.1. The fourth-order valence-corrected chi connectivity index (χ4v) is 3.27. The van der Waals surface area contributed by atoms with Crippen LogP contribution in [0.1, 0.15) is 28.8 Å². The molecule has 0 unspecified atom stereocenters. The van der Waals surface area contributed by atoms with Crippen LogP contribution in [0.25, 0.3) is 0 Å². The Labute approximate surface area is 125 Å². The van der Waals surface area contributed by atoms with Gasteiger partial charge in [0.25, 0.3) is 5.91 Å². The summed E-state index contributed by atoms with van der Waals surface area (Å²) < 4.78 is 24.3. The molecule has 0 spiro atoms. The molecule has 7 heteroatoms. The first-order valence-corrected chi connectivity index (χ1v) is 8.80. The number of amides is 1. The minimum absolute atomic E-state index is 0.0182. The molecule has 2 rings (SSSR count). The van der Waals surface area contributed by atoms with E-state index in [9.17, 15) is 13.2 Å². The van der Waals surface area contributed by atoms with Crippen molar-refractivity contribution in [1.29, 1.82) is 0 Å². The molecule has 116 valence electrons. The Hall–Kier alpha value is -1.44. The largest absolute Gasteiger partial charge is 0.349 e. The highest BCUT2D eigenvalue weighted by atomic mass is 32.2. The first-order valence-electron chi connectivity index (χ1n) is 6.95. The summed E-state index contributed by atoms with van der Waals surface area (Å²) in [6, 6.07) is 7.19. The van der Waals surface area contributed by atoms with Gasteiger partial charge in [-0.2, -0.15) is 0 Å². The van der Waals surface area contributed by atoms with Crippen molar-refractivity contribution in [3.8, 4) is 0 Å². The maximum Gasteiger partial charge on any atom is 0.251 e. The molecule has 1 aromatic carbocycles. The van der Waals surface area contributed by atoms with E-state index in [2.05, 4.69) is 5.32 Å². The Morgan fingerprint density at radius 3 is 2.33 bits per heavy atom. The van der Waals surface area contributed by atoms with Gasteiger partial charge in [0.05, 0.1) is 6.26 Å². The van der Waals surface area contributed by atoms with Gasteiger partial charge in [-0.25, -0.2) is 12.7 Å². The van der Waals surface area contributed by atoms with Crippen LogP contribution >= 0.6 is 0 Å². The normalized spacial score (nSPS) is 17.6. The zero-order chi connectivity index (χ0) is 15.5. The van der Waals surface area contributed by atoms with Crippen LogP contribution in [-0.4, -0.2) is 44.0 Å². The number of rotatable bonds is 4. The van der Waals surface area contributed by atoms with Gasteiger partial charge >= 0.3 is 0 Å². The number of carbonyl (C=O) groups excluding carboxylic acids is 1. The van der Waals surface area contributed by atoms with E-state index >= 15 is 0 Å². The summed E-state index contributed by atoms with van der Waals surface area (Å²) in [5, 5.41) is 2.95. The third kappa shape index (κ3) is 4.26. The third-order valence-corrected chi connectivity index (χ3v) is 5.01. The molecule has 0 bridgehead atoms. The van der Waals surface area contributed by atoms with E-state index in [0.29, 0.717) is 38.0 Å². The molecule has 1 aromatic rings. The quantitative estimate of drug-likeness (QED) is 0.836. The van der Waals surface area contributed by atoms with Crippen molar-refractivity contribution in [3.63, 3.8) is 0 Å². The monoisotopic (exact) mass is 311 g/mol. The van der Waals surface area contributed by atoms with E-state index in [0.717, 1.165) is 5.56 Å². The van der Waals surface area contributed by atoms with E-state index in [1.807, 2.05) is 12.1 Å². The van der Waals surface area contributed by atoms with Gasteiger partial charge in [-0.1, -0.05) is 12.1 Å². The highest BCUT2D eigenvalue weighted by molar-refractivity contribution is 7.88. The number of nitrogens with zero attached hydrogens (tertiary/aromatic N) is 1. The van der Waals surface area contributed by atoms with Crippen LogP contribution in [0.4, 0.5) is 0 Å². The number of carbonyl (C=O) groups is 1. The average molecular weight is 311 g/mol. The molecular weight excluding hydrogens is 290 g/mol. The van der Waals surface area contributed by atoms with Crippen LogP contribution in [-0.2, 0) is 16.6 Å². The van der Waals surface area contributed by atoms with E-state index < -0.39 is 10.0 Å². The first-order chi connectivity index (χ1) is 9.90. The number of hydrogen-bond donors (Lipinski definition) is 2. The molecule has 1 saturated heterocycles. The molecule has 1 aliphatic heterocycles. The average Bonchev–Trinajstić information content (AvgIpc) is 2.47. The molecule has 1 fully saturated rings. The van der Waals surface area contributed by atoms with Crippen LogP contribution in [0.15, 0.2) is 24.3 Å². The van der Waals surface area contributed by atoms with Gasteiger partial charge in [-0.15, -0.1) is 0 Å². The maximum absolute atomic E-state index is 12.1. The van der Waals surface area contributed by atoms with Gasteiger partial charge in [0, 0.05) is 31.2 Å². The number of sulfonamides is 1. The standard InChI is InChI=1S/C14H21N3O3S/c1-21(19,20)17-8-6-13(7-9-17)16-14(18)12-4-2-11(10-15)3-5-12/h2-5,13H,6-10,15H2,1H3,(H,16,18). The third-order valence-electron chi connectivity index (χ3n) is 3.71. The SMILES string of the molecule is CS(=O)(=O)N1CCC(NC(=O)c2ccc(CN)cc2)CC1. The molecule has 6 nitrogen and oxygen atoms in total. The van der Waals surface area contributed by atoms with Gasteiger partial charge in [0.2, 0.25) is 10.0 Å². The Morgan fingerprint density at radius 2 is 1.86 bits per heavy atom. The lowest BCUT2D eigenvalue weighted by molar-refractivity contribution is 0.0924. The lowest BCUT2D eigenvalue weighted by atomic mass is 10.1. The fraction of sp³-hybridized carbons (Fsp3) is 0.500. The second kappa shape index (κ2) is 6.55. The fourth-order valence-electron chi connectivity index (χ4n) is 2.39. The predicted molar refractivity (Wildman–Crippen MR) is 81.2 cm³/mol. The molecule has 0 radical (unpaired) electrons. The highest BCUT2D eigenvalue weighted by Gasteiger charge is 2.25. The van der Waals surface area contributed by atoms with Gasteiger partial charge in [-0.05, 0) is 30.5 Å². The summed E-state index contributed by atoms with van der Waals surface area (Å²) in [6.45, 7) is 1.36. The lowest BCUT2D eigenvalue weighted by Crippen LogP contribution is -2.46. The topological polar surface area (TPSA) is 92.5 Å². The molecule has 0 aliphatic carbocycles. The minimum atomic E-state index is -3.13. The molecule has 0 atom stereocenters. The number of nitrogens with one attached hydrogen (secondary N) is 1. The molecule has 0 aromatic heterocycles. The number of piperidine rings is 1. The number of hydrogen-bond acceptors (Lipinski definition) is 4. The van der Waals surface area contributed by atoms with Crippen LogP contribution in [0.5, 0.6) is 0 Å². The first kappa shape index (κ1) is 15.9. The van der Waals surface area contributed by atoms with E-state index in [1.54, 1.807) is 12.1 Å². The van der Waals surface area contributed by atoms with Crippen molar-refractivity contribution in [2.75, 3.05) is 19.3 Å². The van der Waals surface area contributed by atoms with Crippen LogP contribution in [0.2, 0.25) is 0 Å². The zero-order valence-electron chi connectivity index (χ0n) is 12.1. The van der Waals surface area contributed by atoms with Gasteiger partial charge in [0.1, 0.15) is 0 Å². The van der Waals surface area contributed by atoms with Crippen molar-refractivity contribution in [1.82, 2.24) is 9.62 Å². The summed E-state index contributed by atoms with van der Waals surface area (Å²) in [7, 11) is -3.13. The molecule has 3 N–H and O–H groups in total. The summed E-state index contributed by atoms with van der Waals surface area (Å²) in [5.41, 5.74) is 7.09. The van der Waals surface area contributed by atoms with Crippen molar-refractivity contribution in [3.05, 3.63) is 35.4 Å². The van der Waals surface area contributed by atoms with Crippen molar-refractivity contribution in [2.45, 2.75) is 25.4 Å². The van der Waals surface area contributed by atoms with Crippen molar-refractivity contribution >= 4 is 15.9 Å². The van der Waals surface area contributed by atoms with Crippen LogP contribution in [0, 0.1) is 0 Å². The predicted octanol–water partition coefficient (Wildman–Crippen LogP) is 0.299. The van der Waals surface area contributed by atoms with Gasteiger partial charge in [-0.3, -0.25) is 4.79 Å². The van der Waals surface area contributed by atoms with Crippen LogP contribution < -0.4 is 11.1 Å². The Morgan fingerprint density at radius 1 is 1.29 bits per heavy atom. The minimum Gasteiger partial charge on any atom is -0.349 e. The second-order valence-corrected chi connectivity index (χ2v) is 7.29. The van der Waals surface area contributed by atoms with E-state index in [4.69, 9.17) is 5.73 Å². The lowest BCUT2D eigenvalue weighted by Gasteiger charge is -2.30. The number of benzene rings is 1. The van der Waals surface area contributed by atoms with Crippen molar-refractivity contribution in [2.24, 2.45) is 5.73 Å². The summed E-state index contributed by atoms with van der Waals surface area (Å²) in [6.07, 6.45) is 2.49. The Balaban J connectivity index is 1.89. The Kier molecular flexibility index (Phi) is 4.97. The zero-order valence-corrected chi connectivity index (χ0v) is 12.9. The molecular formula is C14H21N3O3S. The van der Waals surface area contributed by atoms with E-state index in [1.165, 1.54) is 10.6 Å². The van der Waals surface area contributed by atoms with Crippen molar-refractivity contribution < 1.29 is 13.2 Å². The smallest absolute Gasteiger partial charge is 0.251 e. The molecule has 21 heavy (non-hydrogen) atoms. The molecule has 1 heterocycles. The molecule has 0 saturated carbocycles. The number of nitrogens with two attached hydrogens (primary N) is 1. The summed E-state index contributed by atoms with van der Waals surface area (Å²) in [5.74, 6) is -0.128. The molecule has 1 amide bonds. The van der Waals surface area contributed by atoms with Gasteiger partial charge < -0.3 is 11.1 Å². The highest BCUT2D eigenvalue weighted by Crippen LogP contribution is 2.14. The second-order valence-electron chi connectivity index (χ2n) is 5.31. The Bertz CT molecular complexity index is 590. The van der Waals surface area contributed by atoms with Gasteiger partial charge in [0.15, 0.2) is 0 Å².